The van der Waals surface area contributed by atoms with Gasteiger partial charge in [0.25, 0.3) is 11.1 Å². The van der Waals surface area contributed by atoms with Gasteiger partial charge in [0.2, 0.25) is 17.8 Å². The maximum Gasteiger partial charge on any atom is 0.329 e. The van der Waals surface area contributed by atoms with Crippen LogP contribution >= 0.6 is 22.7 Å². The molecule has 6 N–H and O–H groups in total. The molecule has 27 heteroatoms. The Morgan fingerprint density at radius 3 is 1.54 bits per heavy atom. The number of carboxylic acid groups (broad SMARTS) is 1. The number of carbonyl (C=O) groups is 2. The van der Waals surface area contributed by atoms with Gasteiger partial charge in [-0.15, -0.1) is 22.7 Å². The molecular formula is C43H48N18O7S2. The molecule has 0 aromatic carbocycles. The first kappa shape index (κ1) is 47.1. The van der Waals surface area contributed by atoms with Crippen molar-refractivity contribution in [2.45, 2.75) is 46.2 Å². The van der Waals surface area contributed by atoms with Crippen LogP contribution in [-0.4, -0.2) is 111 Å². The van der Waals surface area contributed by atoms with Crippen LogP contribution < -0.4 is 43.3 Å². The lowest BCUT2D eigenvalue weighted by molar-refractivity contribution is -0.140. The molecule has 6 atom stereocenters. The number of carboxylic acids is 1. The fourth-order valence-corrected chi connectivity index (χ4v) is 9.97. The number of nitrogen functional groups attached to an aromatic ring is 1. The quantitative estimate of drug-likeness (QED) is 0.139. The number of nitrogens with two attached hydrogens (primary N) is 1. The number of carbonyl (C=O) groups excluding carboxylic acids is 1. The molecule has 2 aliphatic carbocycles. The number of anilines is 4. The largest absolute Gasteiger partial charge is 0.480 e. The van der Waals surface area contributed by atoms with Gasteiger partial charge < -0.3 is 35.1 Å². The highest BCUT2D eigenvalue weighted by atomic mass is 32.1. The van der Waals surface area contributed by atoms with E-state index in [1.807, 2.05) is 17.8 Å². The molecule has 0 bridgehead atoms. The molecule has 1 amide bonds. The topological polar surface area (TPSA) is 322 Å². The zero-order valence-electron chi connectivity index (χ0n) is 37.4. The van der Waals surface area contributed by atoms with Crippen molar-refractivity contribution in [3.8, 4) is 21.1 Å². The summed E-state index contributed by atoms with van der Waals surface area (Å²) in [5, 5.41) is 16.8. The number of aromatic nitrogens is 14. The van der Waals surface area contributed by atoms with Gasteiger partial charge in [-0.05, 0) is 50.4 Å². The summed E-state index contributed by atoms with van der Waals surface area (Å²) in [5.41, 5.74) is 5.52. The number of amides is 1. The SMILES string of the molecule is C.C[C@@H](C(=O)Nc1csc(-c2cnc(N3CC4CC4C3)nc2)n1)n1cnc2c1c(=O)[nH]c(=O)n2C.C[C@@H](C(=O)O)n1cnc2c1c(=O)[nH]c(=O)n2C.Nc1csc(-c2cnc(N3CC4CC4C3)nc2)n1. The number of aryl methyl sites for hydroxylation is 2. The number of H-pyrrole nitrogens is 2. The van der Waals surface area contributed by atoms with Crippen LogP contribution in [0.2, 0.25) is 0 Å². The molecule has 25 nitrogen and oxygen atoms in total. The van der Waals surface area contributed by atoms with Crippen LogP contribution in [-0.2, 0) is 23.7 Å². The molecule has 364 valence electrons. The Bertz CT molecular complexity index is 3500. The standard InChI is InChI=1S/C21H21N9O3S.C12H13N5S.C9H10N4O4.CH4/c1-10(30-9-24-16-15(30)18(32)27-21(33)28(16)2)17(31)25-14-8-34-19(26-14)13-4-22-20(23-5-13)29-6-11-3-12(11)7-29;13-10-6-18-11(16-10)9-2-14-12(15-3-9)17-4-7-1-8(7)5-17;1-4(8(15)16)13-3-10-6-5(13)7(14)11-9(17)12(6)2;/h4-5,8-12H,3,6-7H2,1-2H3,(H,25,31)(H,27,32,33);2-3,6-8H,1,4-5,13H2;3-4H,1-2H3,(H,15,16)(H,11,14,17);1H4/t10-,11?,12?;;4-;/m0.0./s1. The van der Waals surface area contributed by atoms with Crippen molar-refractivity contribution in [1.29, 1.82) is 0 Å². The molecular weight excluding hydrogens is 945 g/mol. The smallest absolute Gasteiger partial charge is 0.329 e. The van der Waals surface area contributed by atoms with Crippen molar-refractivity contribution in [3.63, 3.8) is 0 Å². The van der Waals surface area contributed by atoms with Crippen molar-refractivity contribution < 1.29 is 14.7 Å². The minimum Gasteiger partial charge on any atom is -0.480 e. The van der Waals surface area contributed by atoms with Crippen molar-refractivity contribution >= 4 is 80.4 Å². The van der Waals surface area contributed by atoms with Gasteiger partial charge in [-0.2, -0.15) is 0 Å². The Morgan fingerprint density at radius 1 is 0.686 bits per heavy atom. The number of hydrogen-bond donors (Lipinski definition) is 5. The summed E-state index contributed by atoms with van der Waals surface area (Å²) >= 11 is 2.89. The van der Waals surface area contributed by atoms with Crippen LogP contribution in [0.3, 0.4) is 0 Å². The molecule has 8 aromatic heterocycles. The molecule has 70 heavy (non-hydrogen) atoms. The normalized spacial score (nSPS) is 19.3. The molecule has 4 aliphatic rings. The first-order valence-corrected chi connectivity index (χ1v) is 23.5. The second-order valence-electron chi connectivity index (χ2n) is 17.4. The number of nitrogens with zero attached hydrogens (tertiary/aromatic N) is 14. The van der Waals surface area contributed by atoms with Crippen molar-refractivity contribution in [3.05, 3.63) is 89.9 Å². The third-order valence-corrected chi connectivity index (χ3v) is 14.6. The number of aliphatic carboxylic acids is 1. The van der Waals surface area contributed by atoms with E-state index in [1.165, 1.54) is 82.9 Å². The van der Waals surface area contributed by atoms with E-state index in [1.54, 1.807) is 24.7 Å². The fraction of sp³-hybridized carbons (Fsp3) is 0.395. The van der Waals surface area contributed by atoms with Crippen LogP contribution in [0.15, 0.2) is 67.4 Å². The number of rotatable bonds is 9. The Kier molecular flexibility index (Phi) is 12.5. The number of aromatic amines is 2. The maximum atomic E-state index is 12.9. The molecule has 2 saturated heterocycles. The molecule has 12 rings (SSSR count). The molecule has 0 spiro atoms. The second-order valence-corrected chi connectivity index (χ2v) is 19.2. The van der Waals surface area contributed by atoms with E-state index in [-0.39, 0.29) is 35.7 Å². The van der Waals surface area contributed by atoms with E-state index in [0.717, 1.165) is 82.4 Å². The molecule has 4 fully saturated rings. The summed E-state index contributed by atoms with van der Waals surface area (Å²) in [7, 11) is 2.95. The predicted molar refractivity (Wildman–Crippen MR) is 262 cm³/mol. The van der Waals surface area contributed by atoms with Gasteiger partial charge >= 0.3 is 17.3 Å². The predicted octanol–water partition coefficient (Wildman–Crippen LogP) is 2.34. The Morgan fingerprint density at radius 2 is 1.11 bits per heavy atom. The number of thiazole rings is 2. The maximum absolute atomic E-state index is 12.9. The summed E-state index contributed by atoms with van der Waals surface area (Å²) in [6, 6.07) is -1.69. The highest BCUT2D eigenvalue weighted by Gasteiger charge is 2.46. The van der Waals surface area contributed by atoms with Gasteiger partial charge in [-0.3, -0.25) is 33.5 Å². The van der Waals surface area contributed by atoms with Crippen LogP contribution in [0.5, 0.6) is 0 Å². The first-order valence-electron chi connectivity index (χ1n) is 21.8. The van der Waals surface area contributed by atoms with E-state index < -0.39 is 40.6 Å². The van der Waals surface area contributed by atoms with Gasteiger partial charge in [0.05, 0.1) is 12.7 Å². The second kappa shape index (κ2) is 18.5. The van der Waals surface area contributed by atoms with Crippen LogP contribution in [0.25, 0.3) is 43.5 Å². The minimum absolute atomic E-state index is 0. The van der Waals surface area contributed by atoms with Crippen LogP contribution in [0.1, 0.15) is 46.2 Å². The number of piperidine rings is 2. The molecule has 2 aliphatic heterocycles. The average molecular weight is 993 g/mol. The van der Waals surface area contributed by atoms with Gasteiger partial charge in [0, 0.05) is 86.9 Å². The number of nitrogens with one attached hydrogen (secondary N) is 3. The summed E-state index contributed by atoms with van der Waals surface area (Å²) in [6.07, 6.45) is 12.5. The minimum atomic E-state index is -1.09. The van der Waals surface area contributed by atoms with Crippen LogP contribution in [0.4, 0.5) is 23.5 Å². The lowest BCUT2D eigenvalue weighted by Gasteiger charge is -2.17. The lowest BCUT2D eigenvalue weighted by Crippen LogP contribution is -2.31. The van der Waals surface area contributed by atoms with Crippen molar-refractivity contribution in [2.75, 3.05) is 47.0 Å². The summed E-state index contributed by atoms with van der Waals surface area (Å²) in [4.78, 5) is 114. The Labute approximate surface area is 403 Å². The van der Waals surface area contributed by atoms with Gasteiger partial charge in [0.1, 0.15) is 33.7 Å². The lowest BCUT2D eigenvalue weighted by atomic mass is 10.3. The number of imidazole rings is 2. The Balaban J connectivity index is 0.000000142. The average Bonchev–Trinajstić information content (AvgIpc) is 3.83. The van der Waals surface area contributed by atoms with E-state index in [9.17, 15) is 28.8 Å². The fourth-order valence-electron chi connectivity index (χ4n) is 8.56. The summed E-state index contributed by atoms with van der Waals surface area (Å²) < 4.78 is 5.03. The molecule has 8 aromatic rings. The number of hydrogen-bond acceptors (Lipinski definition) is 19. The van der Waals surface area contributed by atoms with E-state index in [4.69, 9.17) is 10.8 Å². The summed E-state index contributed by atoms with van der Waals surface area (Å²) in [5.74, 6) is 4.48. The summed E-state index contributed by atoms with van der Waals surface area (Å²) in [6.45, 7) is 7.37. The van der Waals surface area contributed by atoms with E-state index in [0.29, 0.717) is 16.6 Å². The highest BCUT2D eigenvalue weighted by molar-refractivity contribution is 7.13. The first-order chi connectivity index (χ1) is 33.1. The molecule has 4 unspecified atom stereocenters. The number of fused-ring (bicyclic) bond motifs is 4. The zero-order valence-corrected chi connectivity index (χ0v) is 39.0. The van der Waals surface area contributed by atoms with Crippen molar-refractivity contribution in [1.82, 2.24) is 68.1 Å². The van der Waals surface area contributed by atoms with E-state index in [2.05, 4.69) is 65.0 Å². The van der Waals surface area contributed by atoms with Gasteiger partial charge in [-0.25, -0.2) is 54.3 Å². The molecule has 2 saturated carbocycles. The van der Waals surface area contributed by atoms with Gasteiger partial charge in [-0.1, -0.05) is 7.43 Å². The molecule has 10 heterocycles. The van der Waals surface area contributed by atoms with Crippen molar-refractivity contribution in [2.24, 2.45) is 37.8 Å². The third kappa shape index (κ3) is 9.06. The monoisotopic (exact) mass is 992 g/mol. The van der Waals surface area contributed by atoms with E-state index >= 15 is 0 Å². The Hall–Kier alpha value is -7.94. The van der Waals surface area contributed by atoms with Crippen LogP contribution in [0, 0.1) is 23.7 Å². The van der Waals surface area contributed by atoms with Gasteiger partial charge in [0.15, 0.2) is 22.3 Å². The third-order valence-electron chi connectivity index (χ3n) is 12.8. The zero-order chi connectivity index (χ0) is 48.4. The molecule has 0 radical (unpaired) electrons. The highest BCUT2D eigenvalue weighted by Crippen LogP contribution is 2.46.